The number of amides is 1. The number of halogens is 2. The van der Waals surface area contributed by atoms with Crippen LogP contribution in [0.3, 0.4) is 0 Å². The number of allylic oxidation sites excluding steroid dienone is 1. The van der Waals surface area contributed by atoms with Gasteiger partial charge in [-0.1, -0.05) is 33.6 Å². The van der Waals surface area contributed by atoms with Gasteiger partial charge in [-0.25, -0.2) is 0 Å². The van der Waals surface area contributed by atoms with Crippen LogP contribution in [0.25, 0.3) is 0 Å². The molecule has 4 nitrogen and oxygen atoms in total. The van der Waals surface area contributed by atoms with E-state index in [4.69, 9.17) is 11.6 Å². The molecular weight excluding hydrogens is 416 g/mol. The predicted octanol–water partition coefficient (Wildman–Crippen LogP) is 4.19. The van der Waals surface area contributed by atoms with Gasteiger partial charge >= 0.3 is 0 Å². The zero-order valence-corrected chi connectivity index (χ0v) is 16.4. The second-order valence-corrected chi connectivity index (χ2v) is 7.35. The summed E-state index contributed by atoms with van der Waals surface area (Å²) in [5.41, 5.74) is 1.62. The van der Waals surface area contributed by atoms with Crippen LogP contribution in [0.15, 0.2) is 65.2 Å². The molecule has 1 saturated heterocycles. The van der Waals surface area contributed by atoms with E-state index in [0.717, 1.165) is 23.2 Å². The van der Waals surface area contributed by atoms with Crippen molar-refractivity contribution in [2.24, 2.45) is 0 Å². The smallest absolute Gasteiger partial charge is 0.246 e. The highest BCUT2D eigenvalue weighted by molar-refractivity contribution is 9.10. The van der Waals surface area contributed by atoms with Gasteiger partial charge in [-0.3, -0.25) is 9.59 Å². The minimum absolute atomic E-state index is 0.138. The number of hydrogen-bond donors (Lipinski definition) is 0. The second-order valence-electron chi connectivity index (χ2n) is 6.00. The van der Waals surface area contributed by atoms with Gasteiger partial charge in [0.25, 0.3) is 0 Å². The molecule has 26 heavy (non-hydrogen) atoms. The first kappa shape index (κ1) is 18.7. The van der Waals surface area contributed by atoms with Crippen molar-refractivity contribution < 1.29 is 9.59 Å². The molecule has 1 fully saturated rings. The number of benzene rings is 2. The molecule has 1 heterocycles. The number of anilines is 1. The molecule has 2 aromatic rings. The van der Waals surface area contributed by atoms with Crippen LogP contribution in [-0.4, -0.2) is 42.8 Å². The molecule has 0 N–H and O–H groups in total. The third-order valence-corrected chi connectivity index (χ3v) is 5.03. The minimum atomic E-state index is -0.177. The zero-order valence-electron chi connectivity index (χ0n) is 14.1. The molecule has 0 aromatic heterocycles. The number of carbonyl (C=O) groups excluding carboxylic acids is 2. The van der Waals surface area contributed by atoms with Crippen molar-refractivity contribution in [3.63, 3.8) is 0 Å². The third-order valence-electron chi connectivity index (χ3n) is 4.27. The minimum Gasteiger partial charge on any atom is -0.368 e. The number of hydrogen-bond acceptors (Lipinski definition) is 3. The number of rotatable bonds is 4. The lowest BCUT2D eigenvalue weighted by atomic mass is 10.1. The molecule has 6 heteroatoms. The summed E-state index contributed by atoms with van der Waals surface area (Å²) in [4.78, 5) is 28.4. The average Bonchev–Trinajstić information content (AvgIpc) is 2.66. The fourth-order valence-electron chi connectivity index (χ4n) is 2.82. The quantitative estimate of drug-likeness (QED) is 0.536. The van der Waals surface area contributed by atoms with Gasteiger partial charge in [-0.15, -0.1) is 0 Å². The van der Waals surface area contributed by atoms with E-state index in [1.165, 1.54) is 12.2 Å². The van der Waals surface area contributed by atoms with Gasteiger partial charge in [0.2, 0.25) is 5.91 Å². The van der Waals surface area contributed by atoms with Gasteiger partial charge < -0.3 is 9.80 Å². The number of piperazine rings is 1. The molecule has 134 valence electrons. The Morgan fingerprint density at radius 1 is 0.962 bits per heavy atom. The van der Waals surface area contributed by atoms with E-state index in [0.29, 0.717) is 23.7 Å². The van der Waals surface area contributed by atoms with Crippen LogP contribution in [0.4, 0.5) is 5.69 Å². The Morgan fingerprint density at radius 3 is 2.31 bits per heavy atom. The Bertz CT molecular complexity index is 828. The molecule has 0 unspecified atom stereocenters. The van der Waals surface area contributed by atoms with Gasteiger partial charge in [0.05, 0.1) is 0 Å². The van der Waals surface area contributed by atoms with Crippen LogP contribution < -0.4 is 4.90 Å². The SMILES string of the molecule is O=C(/C=C/C(=O)N1CCN(c2cccc(Cl)c2)CC1)c1ccc(Br)cc1. The predicted molar refractivity (Wildman–Crippen MR) is 108 cm³/mol. The van der Waals surface area contributed by atoms with Crippen molar-refractivity contribution in [2.45, 2.75) is 0 Å². The lowest BCUT2D eigenvalue weighted by Crippen LogP contribution is -2.48. The molecular formula is C20H18BrClN2O2. The summed E-state index contributed by atoms with van der Waals surface area (Å²) in [6, 6.07) is 14.8. The van der Waals surface area contributed by atoms with Crippen LogP contribution in [0.5, 0.6) is 0 Å². The first-order valence-corrected chi connectivity index (χ1v) is 9.47. The van der Waals surface area contributed by atoms with Crippen molar-refractivity contribution in [1.29, 1.82) is 0 Å². The van der Waals surface area contributed by atoms with E-state index in [1.54, 1.807) is 29.2 Å². The highest BCUT2D eigenvalue weighted by atomic mass is 79.9. The maximum absolute atomic E-state index is 12.3. The van der Waals surface area contributed by atoms with Crippen LogP contribution in [-0.2, 0) is 4.79 Å². The molecule has 1 aliphatic rings. The van der Waals surface area contributed by atoms with Crippen molar-refractivity contribution in [3.05, 3.63) is 75.7 Å². The summed E-state index contributed by atoms with van der Waals surface area (Å²) in [6.45, 7) is 2.70. The van der Waals surface area contributed by atoms with E-state index in [9.17, 15) is 9.59 Å². The zero-order chi connectivity index (χ0) is 18.5. The Hall–Kier alpha value is -2.11. The van der Waals surface area contributed by atoms with Crippen LogP contribution in [0, 0.1) is 0 Å². The van der Waals surface area contributed by atoms with Crippen LogP contribution in [0.1, 0.15) is 10.4 Å². The van der Waals surface area contributed by atoms with Crippen LogP contribution >= 0.6 is 27.5 Å². The maximum Gasteiger partial charge on any atom is 0.246 e. The number of carbonyl (C=O) groups is 2. The maximum atomic E-state index is 12.3. The highest BCUT2D eigenvalue weighted by Crippen LogP contribution is 2.20. The van der Waals surface area contributed by atoms with E-state index in [-0.39, 0.29) is 11.7 Å². The largest absolute Gasteiger partial charge is 0.368 e. The van der Waals surface area contributed by atoms with E-state index in [1.807, 2.05) is 24.3 Å². The van der Waals surface area contributed by atoms with Gasteiger partial charge in [0.1, 0.15) is 0 Å². The number of nitrogens with zero attached hydrogens (tertiary/aromatic N) is 2. The summed E-state index contributed by atoms with van der Waals surface area (Å²) >= 11 is 9.37. The molecule has 0 radical (unpaired) electrons. The molecule has 1 aliphatic heterocycles. The summed E-state index contributed by atoms with van der Waals surface area (Å²) in [5.74, 6) is -0.315. The Labute approximate surface area is 166 Å². The van der Waals surface area contributed by atoms with Crippen molar-refractivity contribution >= 4 is 44.9 Å². The molecule has 0 spiro atoms. The fraction of sp³-hybridized carbons (Fsp3) is 0.200. The molecule has 0 aliphatic carbocycles. The van der Waals surface area contributed by atoms with Gasteiger partial charge in [0.15, 0.2) is 5.78 Å². The highest BCUT2D eigenvalue weighted by Gasteiger charge is 2.20. The Morgan fingerprint density at radius 2 is 1.65 bits per heavy atom. The van der Waals surface area contributed by atoms with Crippen LogP contribution in [0.2, 0.25) is 5.02 Å². The number of ketones is 1. The summed E-state index contributed by atoms with van der Waals surface area (Å²) in [7, 11) is 0. The lowest BCUT2D eigenvalue weighted by molar-refractivity contribution is -0.126. The Balaban J connectivity index is 1.55. The fourth-order valence-corrected chi connectivity index (χ4v) is 3.27. The molecule has 0 saturated carbocycles. The monoisotopic (exact) mass is 432 g/mol. The standard InChI is InChI=1S/C20H18BrClN2O2/c21-16-6-4-15(5-7-16)19(25)8-9-20(26)24-12-10-23(11-13-24)18-3-1-2-17(22)14-18/h1-9,14H,10-13H2/b9-8+. The topological polar surface area (TPSA) is 40.6 Å². The second kappa shape index (κ2) is 8.52. The molecule has 1 amide bonds. The van der Waals surface area contributed by atoms with E-state index >= 15 is 0 Å². The normalized spacial score (nSPS) is 14.7. The molecule has 3 rings (SSSR count). The molecule has 2 aromatic carbocycles. The summed E-state index contributed by atoms with van der Waals surface area (Å²) < 4.78 is 0.909. The van der Waals surface area contributed by atoms with Gasteiger partial charge in [-0.2, -0.15) is 0 Å². The van der Waals surface area contributed by atoms with E-state index < -0.39 is 0 Å². The third kappa shape index (κ3) is 4.74. The Kier molecular flexibility index (Phi) is 6.12. The molecule has 0 atom stereocenters. The summed E-state index contributed by atoms with van der Waals surface area (Å²) in [5, 5.41) is 0.704. The van der Waals surface area contributed by atoms with Gasteiger partial charge in [0, 0.05) is 53.0 Å². The van der Waals surface area contributed by atoms with Gasteiger partial charge in [-0.05, 0) is 48.5 Å². The first-order chi connectivity index (χ1) is 12.5. The van der Waals surface area contributed by atoms with Crippen molar-refractivity contribution in [3.8, 4) is 0 Å². The average molecular weight is 434 g/mol. The molecule has 0 bridgehead atoms. The first-order valence-electron chi connectivity index (χ1n) is 8.30. The lowest BCUT2D eigenvalue weighted by Gasteiger charge is -2.35. The van der Waals surface area contributed by atoms with Crippen molar-refractivity contribution in [1.82, 2.24) is 4.90 Å². The van der Waals surface area contributed by atoms with E-state index in [2.05, 4.69) is 20.8 Å². The summed E-state index contributed by atoms with van der Waals surface area (Å²) in [6.07, 6.45) is 2.70. The van der Waals surface area contributed by atoms with Crippen molar-refractivity contribution in [2.75, 3.05) is 31.1 Å².